The van der Waals surface area contributed by atoms with E-state index in [2.05, 4.69) is 0 Å². The lowest BCUT2D eigenvalue weighted by Gasteiger charge is -2.21. The molecule has 1 aliphatic rings. The molecule has 1 aliphatic carbocycles. The highest BCUT2D eigenvalue weighted by molar-refractivity contribution is 5.79. The van der Waals surface area contributed by atoms with Gasteiger partial charge in [-0.05, 0) is 12.8 Å². The van der Waals surface area contributed by atoms with Crippen LogP contribution in [0.15, 0.2) is 0 Å². The van der Waals surface area contributed by atoms with Crippen molar-refractivity contribution < 1.29 is 9.72 Å². The molecule has 0 radical (unpaired) electrons. The van der Waals surface area contributed by atoms with Crippen LogP contribution in [0.3, 0.4) is 0 Å². The maximum absolute atomic E-state index is 11.3. The second kappa shape index (κ2) is 3.85. The third-order valence-corrected chi connectivity index (χ3v) is 2.62. The molecule has 0 aliphatic heterocycles. The second-order valence-corrected chi connectivity index (χ2v) is 4.22. The van der Waals surface area contributed by atoms with Gasteiger partial charge in [-0.3, -0.25) is 14.9 Å². The number of nitro groups is 1. The molecule has 0 heterocycles. The van der Waals surface area contributed by atoms with Crippen LogP contribution >= 0.6 is 0 Å². The van der Waals surface area contributed by atoms with Crippen LogP contribution in [0.5, 0.6) is 0 Å². The van der Waals surface area contributed by atoms with E-state index in [0.717, 1.165) is 19.3 Å². The molecular formula is C9H15NO3. The lowest BCUT2D eigenvalue weighted by atomic mass is 9.82. The Kier molecular flexibility index (Phi) is 3.01. The standard InChI is InChI=1S/C9H15NO3/c1-9(7-10(12)13)5-3-2-4-8(11)6-9/h2-7H2,1H3/t9-/m1/s1. The molecule has 0 aromatic rings. The molecule has 0 unspecified atom stereocenters. The van der Waals surface area contributed by atoms with Crippen molar-refractivity contribution in [3.8, 4) is 0 Å². The van der Waals surface area contributed by atoms with Crippen molar-refractivity contribution in [2.45, 2.75) is 39.0 Å². The molecular weight excluding hydrogens is 170 g/mol. The molecule has 0 aromatic heterocycles. The first-order valence-electron chi connectivity index (χ1n) is 4.65. The second-order valence-electron chi connectivity index (χ2n) is 4.22. The van der Waals surface area contributed by atoms with Crippen molar-refractivity contribution >= 4 is 5.78 Å². The number of carbonyl (C=O) groups is 1. The third kappa shape index (κ3) is 3.13. The molecule has 0 aromatic carbocycles. The summed E-state index contributed by atoms with van der Waals surface area (Å²) in [5, 5.41) is 10.4. The monoisotopic (exact) mass is 185 g/mol. The van der Waals surface area contributed by atoms with Gasteiger partial charge in [0.1, 0.15) is 5.78 Å². The van der Waals surface area contributed by atoms with E-state index in [1.165, 1.54) is 0 Å². The van der Waals surface area contributed by atoms with Crippen LogP contribution in [-0.4, -0.2) is 17.3 Å². The predicted molar refractivity (Wildman–Crippen MR) is 48.1 cm³/mol. The van der Waals surface area contributed by atoms with Gasteiger partial charge in [-0.1, -0.05) is 13.3 Å². The molecule has 13 heavy (non-hydrogen) atoms. The number of nitrogens with zero attached hydrogens (tertiary/aromatic N) is 1. The van der Waals surface area contributed by atoms with Crippen LogP contribution in [0.1, 0.15) is 39.0 Å². The van der Waals surface area contributed by atoms with E-state index in [1.54, 1.807) is 0 Å². The summed E-state index contributed by atoms with van der Waals surface area (Å²) < 4.78 is 0. The minimum Gasteiger partial charge on any atom is -0.300 e. The van der Waals surface area contributed by atoms with Crippen LogP contribution in [-0.2, 0) is 4.79 Å². The Morgan fingerprint density at radius 2 is 2.23 bits per heavy atom. The van der Waals surface area contributed by atoms with E-state index in [-0.39, 0.29) is 17.3 Å². The molecule has 1 fully saturated rings. The Labute approximate surface area is 77.5 Å². The van der Waals surface area contributed by atoms with Gasteiger partial charge < -0.3 is 0 Å². The van der Waals surface area contributed by atoms with E-state index in [0.29, 0.717) is 12.8 Å². The van der Waals surface area contributed by atoms with Crippen molar-refractivity contribution in [2.75, 3.05) is 6.54 Å². The summed E-state index contributed by atoms with van der Waals surface area (Å²) in [6.07, 6.45) is 3.63. The van der Waals surface area contributed by atoms with E-state index >= 15 is 0 Å². The first kappa shape index (κ1) is 10.2. The first-order chi connectivity index (χ1) is 6.02. The van der Waals surface area contributed by atoms with E-state index in [9.17, 15) is 14.9 Å². The van der Waals surface area contributed by atoms with Crippen LogP contribution < -0.4 is 0 Å². The highest BCUT2D eigenvalue weighted by Gasteiger charge is 2.34. The van der Waals surface area contributed by atoms with Gasteiger partial charge in [-0.15, -0.1) is 0 Å². The summed E-state index contributed by atoms with van der Waals surface area (Å²) in [5.74, 6) is 0.182. The van der Waals surface area contributed by atoms with Crippen molar-refractivity contribution in [3.63, 3.8) is 0 Å². The Balaban J connectivity index is 2.63. The van der Waals surface area contributed by atoms with Gasteiger partial charge in [-0.2, -0.15) is 0 Å². The number of rotatable bonds is 2. The first-order valence-corrected chi connectivity index (χ1v) is 4.65. The average molecular weight is 185 g/mol. The molecule has 4 heteroatoms. The van der Waals surface area contributed by atoms with Crippen LogP contribution in [0.2, 0.25) is 0 Å². The highest BCUT2D eigenvalue weighted by atomic mass is 16.6. The largest absolute Gasteiger partial charge is 0.300 e. The maximum Gasteiger partial charge on any atom is 0.209 e. The van der Waals surface area contributed by atoms with E-state index < -0.39 is 5.41 Å². The number of hydrogen-bond acceptors (Lipinski definition) is 3. The van der Waals surface area contributed by atoms with Crippen LogP contribution in [0, 0.1) is 15.5 Å². The van der Waals surface area contributed by atoms with Gasteiger partial charge in [0.2, 0.25) is 6.54 Å². The van der Waals surface area contributed by atoms with E-state index in [4.69, 9.17) is 0 Å². The predicted octanol–water partition coefficient (Wildman–Crippen LogP) is 1.80. The highest BCUT2D eigenvalue weighted by Crippen LogP contribution is 2.32. The van der Waals surface area contributed by atoms with Gasteiger partial charge in [0.05, 0.1) is 0 Å². The van der Waals surface area contributed by atoms with Crippen molar-refractivity contribution in [1.82, 2.24) is 0 Å². The molecule has 4 nitrogen and oxygen atoms in total. The Morgan fingerprint density at radius 3 is 2.85 bits per heavy atom. The topological polar surface area (TPSA) is 60.2 Å². The molecule has 1 atom stereocenters. The molecule has 0 saturated heterocycles. The van der Waals surface area contributed by atoms with E-state index in [1.807, 2.05) is 6.92 Å². The minimum atomic E-state index is -0.392. The van der Waals surface area contributed by atoms with Crippen LogP contribution in [0.4, 0.5) is 0 Å². The van der Waals surface area contributed by atoms with Crippen molar-refractivity contribution in [1.29, 1.82) is 0 Å². The third-order valence-electron chi connectivity index (χ3n) is 2.62. The molecule has 0 bridgehead atoms. The quantitative estimate of drug-likeness (QED) is 0.374. The fourth-order valence-corrected chi connectivity index (χ4v) is 1.97. The lowest BCUT2D eigenvalue weighted by molar-refractivity contribution is -0.496. The fourth-order valence-electron chi connectivity index (χ4n) is 1.97. The molecule has 0 amide bonds. The smallest absolute Gasteiger partial charge is 0.209 e. The zero-order valence-electron chi connectivity index (χ0n) is 7.91. The molecule has 1 rings (SSSR count). The summed E-state index contributed by atoms with van der Waals surface area (Å²) >= 11 is 0. The zero-order valence-corrected chi connectivity index (χ0v) is 7.91. The van der Waals surface area contributed by atoms with Crippen molar-refractivity contribution in [3.05, 3.63) is 10.1 Å². The Morgan fingerprint density at radius 1 is 1.54 bits per heavy atom. The molecule has 0 N–H and O–H groups in total. The number of Topliss-reactive ketones (excluding diaryl/α,β-unsaturated/α-hetero) is 1. The fraction of sp³-hybridized carbons (Fsp3) is 0.889. The zero-order chi connectivity index (χ0) is 9.90. The van der Waals surface area contributed by atoms with Gasteiger partial charge >= 0.3 is 0 Å². The summed E-state index contributed by atoms with van der Waals surface area (Å²) in [6.45, 7) is 1.78. The maximum atomic E-state index is 11.3. The van der Waals surface area contributed by atoms with Gasteiger partial charge in [0.15, 0.2) is 0 Å². The number of carbonyl (C=O) groups excluding carboxylic acids is 1. The minimum absolute atomic E-state index is 0.0707. The van der Waals surface area contributed by atoms with Crippen molar-refractivity contribution in [2.24, 2.45) is 5.41 Å². The normalized spacial score (nSPS) is 29.8. The Bertz CT molecular complexity index is 227. The lowest BCUT2D eigenvalue weighted by Crippen LogP contribution is -2.28. The number of hydrogen-bond donors (Lipinski definition) is 0. The summed E-state index contributed by atoms with van der Waals surface area (Å²) in [5.41, 5.74) is -0.392. The molecule has 0 spiro atoms. The average Bonchev–Trinajstić information content (AvgIpc) is 2.09. The molecule has 74 valence electrons. The van der Waals surface area contributed by atoms with Gasteiger partial charge in [0.25, 0.3) is 0 Å². The van der Waals surface area contributed by atoms with Crippen LogP contribution in [0.25, 0.3) is 0 Å². The summed E-state index contributed by atoms with van der Waals surface area (Å²) in [4.78, 5) is 21.3. The number of ketones is 1. The summed E-state index contributed by atoms with van der Waals surface area (Å²) in [6, 6.07) is 0. The van der Waals surface area contributed by atoms with Gasteiger partial charge in [0, 0.05) is 23.2 Å². The van der Waals surface area contributed by atoms with Gasteiger partial charge in [-0.25, -0.2) is 0 Å². The Hall–Kier alpha value is -0.930. The molecule has 1 saturated carbocycles. The SMILES string of the molecule is C[C@@]1(C[N+](=O)[O-])CCCCC(=O)C1. The summed E-state index contributed by atoms with van der Waals surface area (Å²) in [7, 11) is 0.